The van der Waals surface area contributed by atoms with Gasteiger partial charge >= 0.3 is 6.61 Å². The third-order valence-corrected chi connectivity index (χ3v) is 4.44. The van der Waals surface area contributed by atoms with Crippen molar-refractivity contribution in [3.63, 3.8) is 0 Å². The summed E-state index contributed by atoms with van der Waals surface area (Å²) >= 11 is 0. The molecule has 1 aromatic rings. The van der Waals surface area contributed by atoms with Gasteiger partial charge in [-0.3, -0.25) is 0 Å². The fourth-order valence-electron chi connectivity index (χ4n) is 3.00. The average Bonchev–Trinajstić information content (AvgIpc) is 2.65. The molecule has 0 atom stereocenters. The van der Waals surface area contributed by atoms with Crippen molar-refractivity contribution >= 4 is 29.9 Å². The van der Waals surface area contributed by atoms with Crippen LogP contribution in [0.25, 0.3) is 0 Å². The van der Waals surface area contributed by atoms with Gasteiger partial charge in [0.15, 0.2) is 5.96 Å². The van der Waals surface area contributed by atoms with Crippen molar-refractivity contribution in [2.24, 2.45) is 4.99 Å². The zero-order chi connectivity index (χ0) is 19.5. The van der Waals surface area contributed by atoms with Gasteiger partial charge in [-0.25, -0.2) is 4.99 Å². The maximum atomic E-state index is 12.5. The molecule has 2 rings (SSSR count). The number of halogens is 3. The molecule has 3 N–H and O–H groups in total. The number of hydrogen-bond acceptors (Lipinski definition) is 4. The zero-order valence-electron chi connectivity index (χ0n) is 16.2. The van der Waals surface area contributed by atoms with Crippen molar-refractivity contribution in [3.8, 4) is 5.75 Å². The van der Waals surface area contributed by atoms with E-state index in [2.05, 4.69) is 25.3 Å². The molecular formula is C19H31F2IN4O2. The predicted octanol–water partition coefficient (Wildman–Crippen LogP) is 2.81. The van der Waals surface area contributed by atoms with E-state index in [1.807, 2.05) is 6.92 Å². The lowest BCUT2D eigenvalue weighted by Crippen LogP contribution is -2.40. The van der Waals surface area contributed by atoms with Gasteiger partial charge in [-0.2, -0.15) is 8.78 Å². The van der Waals surface area contributed by atoms with Crippen LogP contribution in [-0.2, 0) is 6.54 Å². The van der Waals surface area contributed by atoms with Gasteiger partial charge in [-0.15, -0.1) is 24.0 Å². The molecule has 0 amide bonds. The van der Waals surface area contributed by atoms with E-state index in [1.54, 1.807) is 18.2 Å². The fourth-order valence-corrected chi connectivity index (χ4v) is 3.00. The standard InChI is InChI=1S/C19H30F2N4O2.HI/c1-2-22-19(23-10-5-11-25-12-8-16(26)9-13-25)24-14-15-6-3-4-7-17(15)27-18(20)21;/h3-4,6-7,16,18,26H,2,5,8-14H2,1H3,(H2,22,23,24);1H. The lowest BCUT2D eigenvalue weighted by molar-refractivity contribution is -0.0504. The number of aliphatic hydroxyl groups excluding tert-OH is 1. The van der Waals surface area contributed by atoms with Crippen LogP contribution in [0.2, 0.25) is 0 Å². The number of nitrogens with one attached hydrogen (secondary N) is 2. The van der Waals surface area contributed by atoms with Gasteiger partial charge in [-0.05, 0) is 38.8 Å². The summed E-state index contributed by atoms with van der Waals surface area (Å²) in [7, 11) is 0. The van der Waals surface area contributed by atoms with Gasteiger partial charge < -0.3 is 25.4 Å². The highest BCUT2D eigenvalue weighted by Gasteiger charge is 2.16. The van der Waals surface area contributed by atoms with Crippen LogP contribution in [0.15, 0.2) is 29.3 Å². The van der Waals surface area contributed by atoms with Gasteiger partial charge in [0.05, 0.1) is 12.6 Å². The zero-order valence-corrected chi connectivity index (χ0v) is 18.6. The molecule has 0 aliphatic carbocycles. The number of hydrogen-bond donors (Lipinski definition) is 3. The van der Waals surface area contributed by atoms with Crippen molar-refractivity contribution in [1.29, 1.82) is 0 Å². The number of aliphatic imine (C=N–C) groups is 1. The number of para-hydroxylation sites is 1. The number of benzene rings is 1. The maximum Gasteiger partial charge on any atom is 0.387 e. The van der Waals surface area contributed by atoms with Gasteiger partial charge in [0.25, 0.3) is 0 Å². The summed E-state index contributed by atoms with van der Waals surface area (Å²) in [5, 5.41) is 16.0. The van der Waals surface area contributed by atoms with Gasteiger partial charge in [-0.1, -0.05) is 18.2 Å². The second kappa shape index (κ2) is 13.9. The Morgan fingerprint density at radius 1 is 1.29 bits per heavy atom. The predicted molar refractivity (Wildman–Crippen MR) is 118 cm³/mol. The van der Waals surface area contributed by atoms with Crippen molar-refractivity contribution in [1.82, 2.24) is 15.5 Å². The molecule has 0 aromatic heterocycles. The number of rotatable bonds is 9. The maximum absolute atomic E-state index is 12.5. The lowest BCUT2D eigenvalue weighted by atomic mass is 10.1. The molecule has 28 heavy (non-hydrogen) atoms. The van der Waals surface area contributed by atoms with Gasteiger partial charge in [0.1, 0.15) is 5.75 Å². The number of likely N-dealkylation sites (tertiary alicyclic amines) is 1. The van der Waals surface area contributed by atoms with Crippen LogP contribution in [0.5, 0.6) is 5.75 Å². The summed E-state index contributed by atoms with van der Waals surface area (Å²) in [4.78, 5) is 6.83. The average molecular weight is 512 g/mol. The number of nitrogens with zero attached hydrogens (tertiary/aromatic N) is 2. The SMILES string of the molecule is CCNC(=NCc1ccccc1OC(F)F)NCCCN1CCC(O)CC1.I. The molecule has 1 aliphatic heterocycles. The molecule has 6 nitrogen and oxygen atoms in total. The molecule has 0 saturated carbocycles. The molecule has 1 aromatic carbocycles. The minimum Gasteiger partial charge on any atom is -0.434 e. The first-order valence-electron chi connectivity index (χ1n) is 9.53. The number of ether oxygens (including phenoxy) is 1. The van der Waals surface area contributed by atoms with E-state index in [9.17, 15) is 13.9 Å². The molecule has 0 bridgehead atoms. The fraction of sp³-hybridized carbons (Fsp3) is 0.632. The Morgan fingerprint density at radius 2 is 2.00 bits per heavy atom. The summed E-state index contributed by atoms with van der Waals surface area (Å²) in [6, 6.07) is 6.69. The Morgan fingerprint density at radius 3 is 2.68 bits per heavy atom. The van der Waals surface area contributed by atoms with Crippen LogP contribution in [-0.4, -0.2) is 61.4 Å². The summed E-state index contributed by atoms with van der Waals surface area (Å²) in [6.07, 6.45) is 2.50. The topological polar surface area (TPSA) is 69.1 Å². The van der Waals surface area contributed by atoms with Gasteiger partial charge in [0, 0.05) is 31.7 Å². The molecule has 0 spiro atoms. The third-order valence-electron chi connectivity index (χ3n) is 4.44. The van der Waals surface area contributed by atoms with E-state index in [4.69, 9.17) is 0 Å². The van der Waals surface area contributed by atoms with Crippen molar-refractivity contribution in [2.75, 3.05) is 32.7 Å². The monoisotopic (exact) mass is 512 g/mol. The smallest absolute Gasteiger partial charge is 0.387 e. The Kier molecular flexibility index (Phi) is 12.3. The van der Waals surface area contributed by atoms with Crippen LogP contribution in [0.3, 0.4) is 0 Å². The molecule has 0 unspecified atom stereocenters. The minimum absolute atomic E-state index is 0. The molecule has 1 aliphatic rings. The quantitative estimate of drug-likeness (QED) is 0.206. The van der Waals surface area contributed by atoms with E-state index in [1.165, 1.54) is 6.07 Å². The van der Waals surface area contributed by atoms with Crippen LogP contribution in [0, 0.1) is 0 Å². The highest BCUT2D eigenvalue weighted by Crippen LogP contribution is 2.20. The first-order chi connectivity index (χ1) is 13.1. The summed E-state index contributed by atoms with van der Waals surface area (Å²) < 4.78 is 29.5. The molecule has 0 radical (unpaired) electrons. The first-order valence-corrected chi connectivity index (χ1v) is 9.53. The normalized spacial score (nSPS) is 16.0. The second-order valence-corrected chi connectivity index (χ2v) is 6.53. The molecule has 160 valence electrons. The molecule has 1 fully saturated rings. The molecule has 1 saturated heterocycles. The van der Waals surface area contributed by atoms with E-state index in [0.29, 0.717) is 18.1 Å². The minimum atomic E-state index is -2.85. The largest absolute Gasteiger partial charge is 0.434 e. The van der Waals surface area contributed by atoms with E-state index < -0.39 is 6.61 Å². The highest BCUT2D eigenvalue weighted by molar-refractivity contribution is 14.0. The first kappa shape index (κ1) is 24.8. The number of alkyl halides is 2. The Bertz CT molecular complexity index is 585. The Hall–Kier alpha value is -1.20. The molecular weight excluding hydrogens is 481 g/mol. The van der Waals surface area contributed by atoms with Gasteiger partial charge in [0.2, 0.25) is 0 Å². The summed E-state index contributed by atoms with van der Waals surface area (Å²) in [5.74, 6) is 0.804. The molecule has 9 heteroatoms. The van der Waals surface area contributed by atoms with Crippen LogP contribution < -0.4 is 15.4 Å². The number of aliphatic hydroxyl groups is 1. The number of guanidine groups is 1. The van der Waals surface area contributed by atoms with Crippen molar-refractivity contribution in [2.45, 2.75) is 45.4 Å². The van der Waals surface area contributed by atoms with E-state index in [0.717, 1.165) is 45.4 Å². The Balaban J connectivity index is 0.00000392. The van der Waals surface area contributed by atoms with Crippen LogP contribution >= 0.6 is 24.0 Å². The Labute approximate surface area is 182 Å². The highest BCUT2D eigenvalue weighted by atomic mass is 127. The number of piperidine rings is 1. The van der Waals surface area contributed by atoms with E-state index >= 15 is 0 Å². The summed E-state index contributed by atoms with van der Waals surface area (Å²) in [6.45, 7) is 3.71. The van der Waals surface area contributed by atoms with Crippen LogP contribution in [0.4, 0.5) is 8.78 Å². The van der Waals surface area contributed by atoms with Crippen molar-refractivity contribution in [3.05, 3.63) is 29.8 Å². The van der Waals surface area contributed by atoms with Crippen molar-refractivity contribution < 1.29 is 18.6 Å². The van der Waals surface area contributed by atoms with Crippen LogP contribution in [0.1, 0.15) is 31.7 Å². The second-order valence-electron chi connectivity index (χ2n) is 6.53. The summed E-state index contributed by atoms with van der Waals surface area (Å²) in [5.41, 5.74) is 0.613. The van der Waals surface area contributed by atoms with E-state index in [-0.39, 0.29) is 42.4 Å². The molecule has 1 heterocycles. The third kappa shape index (κ3) is 9.33. The lowest BCUT2D eigenvalue weighted by Gasteiger charge is -2.29.